The second-order valence-electron chi connectivity index (χ2n) is 4.05. The van der Waals surface area contributed by atoms with Gasteiger partial charge in [-0.2, -0.15) is 0 Å². The highest BCUT2D eigenvalue weighted by atomic mass is 32.2. The van der Waals surface area contributed by atoms with E-state index in [1.807, 2.05) is 11.8 Å². The highest BCUT2D eigenvalue weighted by Gasteiger charge is 2.19. The number of nitrogens with zero attached hydrogens (tertiary/aromatic N) is 2. The maximum Gasteiger partial charge on any atom is 0.159 e. The summed E-state index contributed by atoms with van der Waals surface area (Å²) in [4.78, 5) is 6.94. The first-order valence-electron chi connectivity index (χ1n) is 5.79. The molecular formula is C13H18N2S. The van der Waals surface area contributed by atoms with E-state index in [1.54, 1.807) is 0 Å². The van der Waals surface area contributed by atoms with E-state index in [4.69, 9.17) is 0 Å². The Hall–Kier alpha value is -0.960. The van der Waals surface area contributed by atoms with Crippen molar-refractivity contribution in [2.24, 2.45) is 4.99 Å². The molecule has 1 atom stereocenters. The van der Waals surface area contributed by atoms with E-state index in [1.165, 1.54) is 10.7 Å². The Balaban J connectivity index is 2.01. The fourth-order valence-corrected chi connectivity index (χ4v) is 2.75. The van der Waals surface area contributed by atoms with Gasteiger partial charge in [0, 0.05) is 18.3 Å². The fourth-order valence-electron chi connectivity index (χ4n) is 1.75. The van der Waals surface area contributed by atoms with Crippen LogP contribution in [0.4, 0.5) is 0 Å². The average Bonchev–Trinajstić information content (AvgIpc) is 2.74. The Morgan fingerprint density at radius 1 is 1.38 bits per heavy atom. The number of hydrogen-bond donors (Lipinski definition) is 0. The quantitative estimate of drug-likeness (QED) is 0.799. The Morgan fingerprint density at radius 2 is 2.12 bits per heavy atom. The minimum atomic E-state index is 0.639. The zero-order valence-corrected chi connectivity index (χ0v) is 10.7. The molecule has 86 valence electrons. The van der Waals surface area contributed by atoms with Gasteiger partial charge in [-0.25, -0.2) is 0 Å². The van der Waals surface area contributed by atoms with Crippen LogP contribution >= 0.6 is 11.8 Å². The lowest BCUT2D eigenvalue weighted by molar-refractivity contribution is 0.444. The normalized spacial score (nSPS) is 19.6. The van der Waals surface area contributed by atoms with E-state index in [0.29, 0.717) is 5.25 Å². The largest absolute Gasteiger partial charge is 0.347 e. The summed E-state index contributed by atoms with van der Waals surface area (Å²) in [5, 5.41) is 1.85. The predicted molar refractivity (Wildman–Crippen MR) is 71.9 cm³/mol. The van der Waals surface area contributed by atoms with E-state index in [9.17, 15) is 0 Å². The first-order chi connectivity index (χ1) is 7.79. The SMILES string of the molecule is CCN(Cc1ccccc1)C1=NCC(C)S1. The zero-order chi connectivity index (χ0) is 11.4. The maximum absolute atomic E-state index is 4.59. The van der Waals surface area contributed by atoms with E-state index >= 15 is 0 Å². The molecule has 0 amide bonds. The van der Waals surface area contributed by atoms with Gasteiger partial charge in [-0.1, -0.05) is 49.0 Å². The van der Waals surface area contributed by atoms with Gasteiger partial charge in [0.15, 0.2) is 5.17 Å². The molecule has 0 aliphatic carbocycles. The molecule has 2 rings (SSSR count). The summed E-state index contributed by atoms with van der Waals surface area (Å²) in [6.45, 7) is 7.38. The first-order valence-corrected chi connectivity index (χ1v) is 6.67. The lowest BCUT2D eigenvalue weighted by Gasteiger charge is -2.22. The van der Waals surface area contributed by atoms with Gasteiger partial charge in [0.25, 0.3) is 0 Å². The summed E-state index contributed by atoms with van der Waals surface area (Å²) in [5.41, 5.74) is 1.35. The number of amidine groups is 1. The molecule has 2 nitrogen and oxygen atoms in total. The molecule has 0 saturated heterocycles. The molecule has 1 aliphatic rings. The van der Waals surface area contributed by atoms with Crippen LogP contribution in [0.25, 0.3) is 0 Å². The van der Waals surface area contributed by atoms with Gasteiger partial charge in [0.05, 0.1) is 6.54 Å². The molecule has 1 aromatic rings. The van der Waals surface area contributed by atoms with Gasteiger partial charge >= 0.3 is 0 Å². The molecule has 1 unspecified atom stereocenters. The zero-order valence-electron chi connectivity index (χ0n) is 9.89. The standard InChI is InChI=1S/C13H18N2S/c1-3-15(13-14-9-11(2)16-13)10-12-7-5-4-6-8-12/h4-8,11H,3,9-10H2,1-2H3. The third-order valence-corrected chi connectivity index (χ3v) is 3.81. The van der Waals surface area contributed by atoms with Crippen LogP contribution in [-0.4, -0.2) is 28.4 Å². The Kier molecular flexibility index (Phi) is 3.88. The van der Waals surface area contributed by atoms with Gasteiger partial charge in [-0.15, -0.1) is 0 Å². The molecule has 0 fully saturated rings. The third kappa shape index (κ3) is 2.79. The topological polar surface area (TPSA) is 15.6 Å². The van der Waals surface area contributed by atoms with E-state index in [-0.39, 0.29) is 0 Å². The van der Waals surface area contributed by atoms with Gasteiger partial charge in [0.2, 0.25) is 0 Å². The van der Waals surface area contributed by atoms with Crippen molar-refractivity contribution in [1.82, 2.24) is 4.90 Å². The highest BCUT2D eigenvalue weighted by molar-refractivity contribution is 8.14. The van der Waals surface area contributed by atoms with Crippen LogP contribution in [0.15, 0.2) is 35.3 Å². The van der Waals surface area contributed by atoms with E-state index in [0.717, 1.165) is 19.6 Å². The Morgan fingerprint density at radius 3 is 2.69 bits per heavy atom. The highest BCUT2D eigenvalue weighted by Crippen LogP contribution is 2.23. The maximum atomic E-state index is 4.59. The minimum Gasteiger partial charge on any atom is -0.347 e. The van der Waals surface area contributed by atoms with Crippen LogP contribution in [0.5, 0.6) is 0 Å². The van der Waals surface area contributed by atoms with Crippen LogP contribution < -0.4 is 0 Å². The Labute approximate surface area is 102 Å². The van der Waals surface area contributed by atoms with Crippen molar-refractivity contribution in [3.63, 3.8) is 0 Å². The summed E-state index contributed by atoms with van der Waals surface area (Å²) in [7, 11) is 0. The molecule has 1 aliphatic heterocycles. The third-order valence-electron chi connectivity index (χ3n) is 2.66. The lowest BCUT2D eigenvalue weighted by Crippen LogP contribution is -2.27. The smallest absolute Gasteiger partial charge is 0.159 e. The van der Waals surface area contributed by atoms with Gasteiger partial charge < -0.3 is 4.90 Å². The van der Waals surface area contributed by atoms with Crippen molar-refractivity contribution >= 4 is 16.9 Å². The molecule has 1 aromatic carbocycles. The van der Waals surface area contributed by atoms with Crippen molar-refractivity contribution in [3.05, 3.63) is 35.9 Å². The van der Waals surface area contributed by atoms with Crippen molar-refractivity contribution in [2.45, 2.75) is 25.6 Å². The molecule has 0 aromatic heterocycles. The first kappa shape index (κ1) is 11.5. The van der Waals surface area contributed by atoms with Crippen LogP contribution in [0.1, 0.15) is 19.4 Å². The second kappa shape index (κ2) is 5.39. The molecule has 0 N–H and O–H groups in total. The van der Waals surface area contributed by atoms with Crippen molar-refractivity contribution in [3.8, 4) is 0 Å². The summed E-state index contributed by atoms with van der Waals surface area (Å²) in [6, 6.07) is 10.6. The number of hydrogen-bond acceptors (Lipinski definition) is 3. The fraction of sp³-hybridized carbons (Fsp3) is 0.462. The minimum absolute atomic E-state index is 0.639. The van der Waals surface area contributed by atoms with E-state index < -0.39 is 0 Å². The van der Waals surface area contributed by atoms with Crippen LogP contribution in [0.2, 0.25) is 0 Å². The number of thioether (sulfide) groups is 1. The summed E-state index contributed by atoms with van der Waals surface area (Å²) in [6.07, 6.45) is 0. The lowest BCUT2D eigenvalue weighted by atomic mass is 10.2. The number of rotatable bonds is 3. The van der Waals surface area contributed by atoms with Gasteiger partial charge in [-0.3, -0.25) is 4.99 Å². The predicted octanol–water partition coefficient (Wildman–Crippen LogP) is 3.00. The molecule has 16 heavy (non-hydrogen) atoms. The molecule has 1 heterocycles. The molecule has 3 heteroatoms. The van der Waals surface area contributed by atoms with E-state index in [2.05, 4.69) is 54.1 Å². The molecule has 0 bridgehead atoms. The summed E-state index contributed by atoms with van der Waals surface area (Å²) >= 11 is 1.89. The van der Waals surface area contributed by atoms with Crippen LogP contribution in [-0.2, 0) is 6.54 Å². The Bertz CT molecular complexity index is 361. The summed E-state index contributed by atoms with van der Waals surface area (Å²) in [5.74, 6) is 0. The molecular weight excluding hydrogens is 216 g/mol. The molecule has 0 saturated carbocycles. The molecule has 0 radical (unpaired) electrons. The van der Waals surface area contributed by atoms with Gasteiger partial charge in [0.1, 0.15) is 0 Å². The van der Waals surface area contributed by atoms with Crippen molar-refractivity contribution in [2.75, 3.05) is 13.1 Å². The van der Waals surface area contributed by atoms with Crippen LogP contribution in [0, 0.1) is 0 Å². The van der Waals surface area contributed by atoms with Crippen LogP contribution in [0.3, 0.4) is 0 Å². The monoisotopic (exact) mass is 234 g/mol. The number of aliphatic imine (C=N–C) groups is 1. The average molecular weight is 234 g/mol. The van der Waals surface area contributed by atoms with Gasteiger partial charge in [-0.05, 0) is 12.5 Å². The van der Waals surface area contributed by atoms with Crippen molar-refractivity contribution < 1.29 is 0 Å². The van der Waals surface area contributed by atoms with Crippen molar-refractivity contribution in [1.29, 1.82) is 0 Å². The second-order valence-corrected chi connectivity index (χ2v) is 5.46. The summed E-state index contributed by atoms with van der Waals surface area (Å²) < 4.78 is 0. The number of benzene rings is 1. The molecule has 0 spiro atoms.